The van der Waals surface area contributed by atoms with Gasteiger partial charge < -0.3 is 0 Å². The molecule has 198 valence electrons. The average Bonchev–Trinajstić information content (AvgIpc) is 3.00. The van der Waals surface area contributed by atoms with Crippen LogP contribution in [0.2, 0.25) is 26.2 Å². The minimum Gasteiger partial charge on any atom is -0.0897 e. The van der Waals surface area contributed by atoms with Crippen LogP contribution in [0.1, 0.15) is 11.1 Å². The van der Waals surface area contributed by atoms with Crippen LogP contribution in [-0.2, 0) is 0 Å². The minimum atomic E-state index is -1.71. The molecule has 5 rings (SSSR count). The molecular weight excluding hydrogens is 513 g/mol. The Balaban J connectivity index is 1.25. The standard InChI is InChI=1S/C38H38Si2/c1-39(2,29-27-31-15-19-35(20-16-31)33-11-7-5-8-12-33)37-23-25-38(26-24-37)40(3,4)30-28-32-17-21-36(22-18-32)34-13-9-6-10-14-34/h5-30H,1-4H3. The summed E-state index contributed by atoms with van der Waals surface area (Å²) in [7, 11) is -3.42. The monoisotopic (exact) mass is 550 g/mol. The fraction of sp³-hybridized carbons (Fsp3) is 0.105. The van der Waals surface area contributed by atoms with Crippen molar-refractivity contribution in [2.45, 2.75) is 26.2 Å². The summed E-state index contributed by atoms with van der Waals surface area (Å²) < 4.78 is 0. The zero-order valence-electron chi connectivity index (χ0n) is 24.0. The van der Waals surface area contributed by atoms with Crippen molar-refractivity contribution in [3.05, 3.63) is 156 Å². The Kier molecular flexibility index (Phi) is 8.30. The maximum atomic E-state index is 2.46. The molecule has 0 aliphatic heterocycles. The van der Waals surface area contributed by atoms with Gasteiger partial charge in [-0.1, -0.05) is 194 Å². The fourth-order valence-corrected chi connectivity index (χ4v) is 8.62. The highest BCUT2D eigenvalue weighted by molar-refractivity contribution is 6.95. The molecular formula is C38H38Si2. The van der Waals surface area contributed by atoms with Gasteiger partial charge in [-0.25, -0.2) is 0 Å². The summed E-state index contributed by atoms with van der Waals surface area (Å²) in [6.45, 7) is 9.72. The molecule has 0 amide bonds. The lowest BCUT2D eigenvalue weighted by Gasteiger charge is -2.22. The minimum absolute atomic E-state index is 1.26. The molecule has 0 unspecified atom stereocenters. The van der Waals surface area contributed by atoms with Gasteiger partial charge in [0.2, 0.25) is 0 Å². The molecule has 2 heteroatoms. The van der Waals surface area contributed by atoms with Gasteiger partial charge in [0, 0.05) is 0 Å². The largest absolute Gasteiger partial charge is 0.104 e. The fourth-order valence-electron chi connectivity index (χ4n) is 4.97. The smallest absolute Gasteiger partial charge is 0.0897 e. The highest BCUT2D eigenvalue weighted by Gasteiger charge is 2.23. The predicted molar refractivity (Wildman–Crippen MR) is 182 cm³/mol. The van der Waals surface area contributed by atoms with E-state index in [0.29, 0.717) is 0 Å². The summed E-state index contributed by atoms with van der Waals surface area (Å²) >= 11 is 0. The summed E-state index contributed by atoms with van der Waals surface area (Å²) in [5, 5.41) is 2.94. The van der Waals surface area contributed by atoms with Gasteiger partial charge >= 0.3 is 0 Å². The average molecular weight is 551 g/mol. The van der Waals surface area contributed by atoms with Crippen LogP contribution in [-0.4, -0.2) is 16.1 Å². The summed E-state index contributed by atoms with van der Waals surface area (Å²) in [5.74, 6) is 0. The van der Waals surface area contributed by atoms with Crippen molar-refractivity contribution in [1.29, 1.82) is 0 Å². The molecule has 5 aromatic rings. The van der Waals surface area contributed by atoms with E-state index in [0.717, 1.165) is 0 Å². The lowest BCUT2D eigenvalue weighted by Crippen LogP contribution is -2.43. The Morgan fingerprint density at radius 1 is 0.350 bits per heavy atom. The third-order valence-electron chi connectivity index (χ3n) is 7.79. The van der Waals surface area contributed by atoms with Crippen molar-refractivity contribution in [2.75, 3.05) is 0 Å². The SMILES string of the molecule is C[Si](C)(C=Cc1ccc(-c2ccccc2)cc1)c1ccc([Si](C)(C)C=Cc2ccc(-c3ccccc3)cc2)cc1. The Bertz CT molecular complexity index is 1450. The van der Waals surface area contributed by atoms with Crippen molar-refractivity contribution in [1.82, 2.24) is 0 Å². The van der Waals surface area contributed by atoms with E-state index >= 15 is 0 Å². The maximum Gasteiger partial charge on any atom is 0.104 e. The van der Waals surface area contributed by atoms with Crippen molar-refractivity contribution in [2.24, 2.45) is 0 Å². The summed E-state index contributed by atoms with van der Waals surface area (Å²) in [6.07, 6.45) is 4.61. The normalized spacial score (nSPS) is 12.3. The van der Waals surface area contributed by atoms with Crippen LogP contribution in [0.4, 0.5) is 0 Å². The molecule has 0 heterocycles. The molecule has 0 aliphatic rings. The molecule has 0 fully saturated rings. The molecule has 0 saturated heterocycles. The van der Waals surface area contributed by atoms with Crippen LogP contribution in [0.3, 0.4) is 0 Å². The van der Waals surface area contributed by atoms with Crippen LogP contribution in [0.15, 0.2) is 145 Å². The first kappa shape index (κ1) is 27.6. The van der Waals surface area contributed by atoms with Crippen LogP contribution >= 0.6 is 0 Å². The summed E-state index contributed by atoms with van der Waals surface area (Å²) in [6, 6.07) is 48.4. The van der Waals surface area contributed by atoms with E-state index in [9.17, 15) is 0 Å². The molecule has 0 saturated carbocycles. The van der Waals surface area contributed by atoms with Gasteiger partial charge in [-0.05, 0) is 33.4 Å². The topological polar surface area (TPSA) is 0 Å². The third-order valence-corrected chi connectivity index (χ3v) is 13.4. The zero-order chi connectivity index (χ0) is 28.0. The van der Waals surface area contributed by atoms with Crippen LogP contribution in [0, 0.1) is 0 Å². The van der Waals surface area contributed by atoms with E-state index in [1.54, 1.807) is 0 Å². The van der Waals surface area contributed by atoms with Crippen molar-refractivity contribution in [3.63, 3.8) is 0 Å². The van der Waals surface area contributed by atoms with E-state index in [1.807, 2.05) is 0 Å². The summed E-state index contributed by atoms with van der Waals surface area (Å²) in [5.41, 5.74) is 12.5. The lowest BCUT2D eigenvalue weighted by molar-refractivity contribution is 1.60. The van der Waals surface area contributed by atoms with E-state index in [4.69, 9.17) is 0 Å². The molecule has 0 radical (unpaired) electrons. The molecule has 0 atom stereocenters. The summed E-state index contributed by atoms with van der Waals surface area (Å²) in [4.78, 5) is 0. The van der Waals surface area contributed by atoms with Gasteiger partial charge in [0.1, 0.15) is 16.1 Å². The Labute approximate surface area is 242 Å². The molecule has 0 spiro atoms. The Morgan fingerprint density at radius 2 is 0.650 bits per heavy atom. The first-order valence-electron chi connectivity index (χ1n) is 14.1. The van der Waals surface area contributed by atoms with E-state index < -0.39 is 16.1 Å². The van der Waals surface area contributed by atoms with E-state index in [2.05, 4.69) is 183 Å². The van der Waals surface area contributed by atoms with Gasteiger partial charge in [0.25, 0.3) is 0 Å². The zero-order valence-corrected chi connectivity index (χ0v) is 26.0. The second kappa shape index (κ2) is 12.0. The first-order chi connectivity index (χ1) is 19.3. The van der Waals surface area contributed by atoms with Gasteiger partial charge in [0.15, 0.2) is 0 Å². The maximum absolute atomic E-state index is 2.46. The second-order valence-corrected chi connectivity index (χ2v) is 20.4. The van der Waals surface area contributed by atoms with Gasteiger partial charge in [0.05, 0.1) is 0 Å². The van der Waals surface area contributed by atoms with Crippen molar-refractivity contribution < 1.29 is 0 Å². The number of benzene rings is 5. The predicted octanol–water partition coefficient (Wildman–Crippen LogP) is 9.36. The molecule has 0 N–H and O–H groups in total. The van der Waals surface area contributed by atoms with Crippen molar-refractivity contribution in [3.8, 4) is 22.3 Å². The third kappa shape index (κ3) is 6.77. The number of hydrogen-bond donors (Lipinski definition) is 0. The Hall–Kier alpha value is -3.99. The number of hydrogen-bond acceptors (Lipinski definition) is 0. The Morgan fingerprint density at radius 3 is 0.975 bits per heavy atom. The van der Waals surface area contributed by atoms with Crippen LogP contribution in [0.5, 0.6) is 0 Å². The van der Waals surface area contributed by atoms with E-state index in [-0.39, 0.29) is 0 Å². The molecule has 40 heavy (non-hydrogen) atoms. The molecule has 5 aromatic carbocycles. The molecule has 0 aromatic heterocycles. The van der Waals surface area contributed by atoms with E-state index in [1.165, 1.54) is 43.8 Å². The van der Waals surface area contributed by atoms with Crippen LogP contribution < -0.4 is 10.4 Å². The first-order valence-corrected chi connectivity index (χ1v) is 20.3. The highest BCUT2D eigenvalue weighted by Crippen LogP contribution is 2.21. The van der Waals surface area contributed by atoms with Crippen molar-refractivity contribution >= 4 is 38.7 Å². The second-order valence-electron chi connectivity index (χ2n) is 11.7. The molecule has 0 nitrogen and oxygen atoms in total. The van der Waals surface area contributed by atoms with Gasteiger partial charge in [-0.3, -0.25) is 0 Å². The highest BCUT2D eigenvalue weighted by atomic mass is 28.3. The lowest BCUT2D eigenvalue weighted by atomic mass is 10.0. The van der Waals surface area contributed by atoms with Gasteiger partial charge in [-0.2, -0.15) is 0 Å². The quantitative estimate of drug-likeness (QED) is 0.169. The molecule has 0 aliphatic carbocycles. The van der Waals surface area contributed by atoms with Gasteiger partial charge in [-0.15, -0.1) is 0 Å². The number of rotatable bonds is 8. The van der Waals surface area contributed by atoms with Crippen LogP contribution in [0.25, 0.3) is 34.4 Å². The molecule has 0 bridgehead atoms.